The first-order valence-corrected chi connectivity index (χ1v) is 9.29. The Kier molecular flexibility index (Phi) is 5.25. The molecule has 3 heteroatoms. The quantitative estimate of drug-likeness (QED) is 0.238. The average molecular weight is 363 g/mol. The van der Waals surface area contributed by atoms with Crippen molar-refractivity contribution in [3.05, 3.63) is 138 Å². The molecule has 0 aromatic heterocycles. The fourth-order valence-electron chi connectivity index (χ4n) is 3.38. The van der Waals surface area contributed by atoms with Crippen LogP contribution >= 0.6 is 0 Å². The summed E-state index contributed by atoms with van der Waals surface area (Å²) in [6, 6.07) is 40.7. The maximum atomic E-state index is 4.88. The molecular formula is C25H21N3. The van der Waals surface area contributed by atoms with Crippen molar-refractivity contribution in [2.75, 3.05) is 5.43 Å². The van der Waals surface area contributed by atoms with Gasteiger partial charge >= 0.3 is 0 Å². The summed E-state index contributed by atoms with van der Waals surface area (Å²) in [6.07, 6.45) is 0. The molecule has 0 saturated heterocycles. The number of nitrogens with one attached hydrogen (secondary N) is 1. The molecular weight excluding hydrogens is 342 g/mol. The zero-order chi connectivity index (χ0) is 19.1. The normalized spacial score (nSPS) is 11.4. The first-order chi connectivity index (χ1) is 13.9. The first kappa shape index (κ1) is 17.7. The average Bonchev–Trinajstić information content (AvgIpc) is 2.79. The van der Waals surface area contributed by atoms with Crippen molar-refractivity contribution in [2.24, 2.45) is 10.3 Å². The second-order valence-electron chi connectivity index (χ2n) is 6.49. The molecule has 0 bridgehead atoms. The highest BCUT2D eigenvalue weighted by Crippen LogP contribution is 2.40. The lowest BCUT2D eigenvalue weighted by atomic mass is 9.78. The lowest BCUT2D eigenvalue weighted by molar-refractivity contribution is 0.610. The Hall–Kier alpha value is -3.72. The number of nitrogens with zero attached hydrogens (tertiary/aromatic N) is 2. The number of hydrogen-bond acceptors (Lipinski definition) is 2. The van der Waals surface area contributed by atoms with Crippen molar-refractivity contribution in [1.82, 2.24) is 0 Å². The molecule has 4 rings (SSSR count). The van der Waals surface area contributed by atoms with E-state index in [1.54, 1.807) is 0 Å². The highest BCUT2D eigenvalue weighted by Gasteiger charge is 2.36. The highest BCUT2D eigenvalue weighted by atomic mass is 15.4. The van der Waals surface area contributed by atoms with Gasteiger partial charge < -0.3 is 0 Å². The van der Waals surface area contributed by atoms with E-state index in [9.17, 15) is 0 Å². The summed E-state index contributed by atoms with van der Waals surface area (Å²) < 4.78 is 0. The zero-order valence-corrected chi connectivity index (χ0v) is 15.4. The van der Waals surface area contributed by atoms with Gasteiger partial charge in [0.05, 0.1) is 5.69 Å². The maximum Gasteiger partial charge on any atom is 0.158 e. The molecule has 0 heterocycles. The number of hydrogen-bond donors (Lipinski definition) is 1. The summed E-state index contributed by atoms with van der Waals surface area (Å²) in [4.78, 5) is 0. The zero-order valence-electron chi connectivity index (χ0n) is 15.4. The van der Waals surface area contributed by atoms with Crippen LogP contribution in [0.5, 0.6) is 0 Å². The largest absolute Gasteiger partial charge is 0.260 e. The van der Waals surface area contributed by atoms with Crippen molar-refractivity contribution < 1.29 is 0 Å². The molecule has 0 aliphatic rings. The monoisotopic (exact) mass is 363 g/mol. The minimum absolute atomic E-state index is 0.744. The Morgan fingerprint density at radius 2 is 0.821 bits per heavy atom. The second-order valence-corrected chi connectivity index (χ2v) is 6.49. The van der Waals surface area contributed by atoms with E-state index < -0.39 is 5.54 Å². The van der Waals surface area contributed by atoms with Crippen molar-refractivity contribution in [1.29, 1.82) is 0 Å². The summed E-state index contributed by atoms with van der Waals surface area (Å²) in [5.41, 5.74) is 6.40. The molecule has 0 radical (unpaired) electrons. The number of para-hydroxylation sites is 1. The van der Waals surface area contributed by atoms with Crippen LogP contribution in [0, 0.1) is 0 Å². The second kappa shape index (κ2) is 8.31. The third-order valence-electron chi connectivity index (χ3n) is 4.73. The van der Waals surface area contributed by atoms with Gasteiger partial charge in [0, 0.05) is 0 Å². The Balaban J connectivity index is 1.88. The molecule has 0 amide bonds. The first-order valence-electron chi connectivity index (χ1n) is 9.29. The molecule has 4 aromatic carbocycles. The molecule has 1 N–H and O–H groups in total. The van der Waals surface area contributed by atoms with E-state index in [0.717, 1.165) is 22.4 Å². The van der Waals surface area contributed by atoms with Crippen LogP contribution in [0.15, 0.2) is 132 Å². The number of benzene rings is 4. The predicted molar refractivity (Wildman–Crippen MR) is 114 cm³/mol. The Morgan fingerprint density at radius 3 is 1.21 bits per heavy atom. The van der Waals surface area contributed by atoms with E-state index in [1.807, 2.05) is 84.9 Å². The van der Waals surface area contributed by atoms with Gasteiger partial charge in [0.1, 0.15) is 0 Å². The van der Waals surface area contributed by atoms with E-state index in [1.165, 1.54) is 0 Å². The summed E-state index contributed by atoms with van der Waals surface area (Å²) in [5.74, 6) is 0. The van der Waals surface area contributed by atoms with Crippen molar-refractivity contribution in [3.8, 4) is 0 Å². The summed E-state index contributed by atoms with van der Waals surface area (Å²) in [5, 5.41) is 9.29. The molecule has 0 aliphatic carbocycles. The van der Waals surface area contributed by atoms with E-state index >= 15 is 0 Å². The van der Waals surface area contributed by atoms with Gasteiger partial charge in [-0.1, -0.05) is 114 Å². The number of rotatable bonds is 6. The SMILES string of the molecule is c1ccc(NN=NC(c2ccccc2)(c2ccccc2)c2ccccc2)cc1. The van der Waals surface area contributed by atoms with E-state index in [2.05, 4.69) is 47.0 Å². The van der Waals surface area contributed by atoms with Gasteiger partial charge in [-0.25, -0.2) is 0 Å². The van der Waals surface area contributed by atoms with Crippen LogP contribution in [-0.2, 0) is 5.54 Å². The minimum Gasteiger partial charge on any atom is -0.260 e. The topological polar surface area (TPSA) is 36.8 Å². The maximum absolute atomic E-state index is 4.88. The van der Waals surface area contributed by atoms with Crippen molar-refractivity contribution in [3.63, 3.8) is 0 Å². The predicted octanol–water partition coefficient (Wildman–Crippen LogP) is 6.46. The van der Waals surface area contributed by atoms with Gasteiger partial charge in [-0.2, -0.15) is 0 Å². The summed E-state index contributed by atoms with van der Waals surface area (Å²) in [6.45, 7) is 0. The molecule has 0 spiro atoms. The van der Waals surface area contributed by atoms with E-state index in [0.29, 0.717) is 0 Å². The fraction of sp³-hybridized carbons (Fsp3) is 0.0400. The molecule has 0 aliphatic heterocycles. The molecule has 0 fully saturated rings. The molecule has 3 nitrogen and oxygen atoms in total. The van der Waals surface area contributed by atoms with Gasteiger partial charge in [-0.15, -0.1) is 5.11 Å². The van der Waals surface area contributed by atoms with Gasteiger partial charge in [0.2, 0.25) is 0 Å². The van der Waals surface area contributed by atoms with Crippen LogP contribution in [-0.4, -0.2) is 0 Å². The third-order valence-corrected chi connectivity index (χ3v) is 4.73. The van der Waals surface area contributed by atoms with Crippen LogP contribution in [0.25, 0.3) is 0 Å². The van der Waals surface area contributed by atoms with Crippen LogP contribution in [0.4, 0.5) is 5.69 Å². The van der Waals surface area contributed by atoms with E-state index in [4.69, 9.17) is 5.11 Å². The lowest BCUT2D eigenvalue weighted by Gasteiger charge is -2.30. The minimum atomic E-state index is -0.744. The Bertz CT molecular complexity index is 918. The molecule has 136 valence electrons. The highest BCUT2D eigenvalue weighted by molar-refractivity contribution is 5.49. The Morgan fingerprint density at radius 1 is 0.464 bits per heavy atom. The van der Waals surface area contributed by atoms with Crippen molar-refractivity contribution in [2.45, 2.75) is 5.54 Å². The van der Waals surface area contributed by atoms with Crippen molar-refractivity contribution >= 4 is 5.69 Å². The van der Waals surface area contributed by atoms with Gasteiger partial charge in [-0.3, -0.25) is 5.43 Å². The summed E-state index contributed by atoms with van der Waals surface area (Å²) >= 11 is 0. The lowest BCUT2D eigenvalue weighted by Crippen LogP contribution is -2.27. The fourth-order valence-corrected chi connectivity index (χ4v) is 3.38. The van der Waals surface area contributed by atoms with Gasteiger partial charge in [-0.05, 0) is 28.8 Å². The third kappa shape index (κ3) is 3.55. The molecule has 4 aromatic rings. The Labute approximate surface area is 165 Å². The molecule has 28 heavy (non-hydrogen) atoms. The molecule has 0 saturated carbocycles. The van der Waals surface area contributed by atoms with E-state index in [-0.39, 0.29) is 0 Å². The van der Waals surface area contributed by atoms with Crippen LogP contribution in [0.1, 0.15) is 16.7 Å². The summed E-state index contributed by atoms with van der Waals surface area (Å²) in [7, 11) is 0. The molecule has 0 atom stereocenters. The van der Waals surface area contributed by atoms with Crippen LogP contribution in [0.3, 0.4) is 0 Å². The standard InChI is InChI=1S/C25H21N3/c1-5-13-21(14-6-1)25(22-15-7-2-8-16-22,23-17-9-3-10-18-23)27-28-26-24-19-11-4-12-20-24/h1-20H,(H,26,27). The van der Waals surface area contributed by atoms with Crippen LogP contribution < -0.4 is 5.43 Å². The van der Waals surface area contributed by atoms with Gasteiger partial charge in [0.25, 0.3) is 0 Å². The smallest absolute Gasteiger partial charge is 0.158 e. The number of anilines is 1. The van der Waals surface area contributed by atoms with Gasteiger partial charge in [0.15, 0.2) is 5.54 Å². The van der Waals surface area contributed by atoms with Crippen LogP contribution in [0.2, 0.25) is 0 Å². The molecule has 0 unspecified atom stereocenters.